The number of hydrogen-bond donors (Lipinski definition) is 3. The van der Waals surface area contributed by atoms with Crippen LogP contribution in [-0.4, -0.2) is 23.7 Å². The highest BCUT2D eigenvalue weighted by molar-refractivity contribution is 5.76. The van der Waals surface area contributed by atoms with Gasteiger partial charge in [0.2, 0.25) is 0 Å². The molecule has 0 aromatic heterocycles. The molecule has 0 bridgehead atoms. The van der Waals surface area contributed by atoms with E-state index in [1.165, 1.54) is 11.1 Å². The molecule has 1 aromatic carbocycles. The minimum Gasteiger partial charge on any atom is -0.481 e. The first kappa shape index (κ1) is 15.4. The summed E-state index contributed by atoms with van der Waals surface area (Å²) in [6.07, 6.45) is 3.52. The van der Waals surface area contributed by atoms with E-state index in [0.29, 0.717) is 6.42 Å². The highest BCUT2D eigenvalue weighted by Gasteiger charge is 2.22. The standard InChI is InChI=1S/C16H22N2O3/c1-2-11(15(19)20)10-17-16(21)18-14-9-5-7-12-6-3-4-8-13(12)14/h3-4,6,8,11,14H,2,5,7,9-10H2,1H3,(H,19,20)(H2,17,18,21). The van der Waals surface area contributed by atoms with E-state index in [9.17, 15) is 9.59 Å². The second-order valence-corrected chi connectivity index (χ2v) is 5.44. The monoisotopic (exact) mass is 290 g/mol. The van der Waals surface area contributed by atoms with Crippen LogP contribution < -0.4 is 10.6 Å². The lowest BCUT2D eigenvalue weighted by atomic mass is 9.88. The molecule has 0 heterocycles. The van der Waals surface area contributed by atoms with Crippen LogP contribution in [0, 0.1) is 5.92 Å². The van der Waals surface area contributed by atoms with Crippen molar-refractivity contribution in [1.82, 2.24) is 10.6 Å². The fraction of sp³-hybridized carbons (Fsp3) is 0.500. The van der Waals surface area contributed by atoms with Gasteiger partial charge in [-0.05, 0) is 36.8 Å². The summed E-state index contributed by atoms with van der Waals surface area (Å²) in [5.74, 6) is -1.41. The molecular weight excluding hydrogens is 268 g/mol. The van der Waals surface area contributed by atoms with E-state index >= 15 is 0 Å². The topological polar surface area (TPSA) is 78.4 Å². The molecular formula is C16H22N2O3. The Labute approximate surface area is 124 Å². The summed E-state index contributed by atoms with van der Waals surface area (Å²) < 4.78 is 0. The maximum absolute atomic E-state index is 11.9. The molecule has 0 radical (unpaired) electrons. The van der Waals surface area contributed by atoms with Gasteiger partial charge in [0.1, 0.15) is 0 Å². The number of urea groups is 1. The predicted octanol–water partition coefficient (Wildman–Crippen LogP) is 2.47. The van der Waals surface area contributed by atoms with Gasteiger partial charge in [0.05, 0.1) is 12.0 Å². The molecule has 3 N–H and O–H groups in total. The Morgan fingerprint density at radius 3 is 2.86 bits per heavy atom. The molecule has 114 valence electrons. The average molecular weight is 290 g/mol. The Hall–Kier alpha value is -2.04. The van der Waals surface area contributed by atoms with E-state index in [0.717, 1.165) is 19.3 Å². The van der Waals surface area contributed by atoms with Crippen LogP contribution >= 0.6 is 0 Å². The molecule has 5 heteroatoms. The first-order chi connectivity index (χ1) is 10.1. The zero-order valence-electron chi connectivity index (χ0n) is 12.3. The van der Waals surface area contributed by atoms with Gasteiger partial charge >= 0.3 is 12.0 Å². The molecule has 2 atom stereocenters. The second kappa shape index (κ2) is 7.11. The maximum Gasteiger partial charge on any atom is 0.315 e. The summed E-state index contributed by atoms with van der Waals surface area (Å²) in [6, 6.07) is 7.86. The maximum atomic E-state index is 11.9. The van der Waals surface area contributed by atoms with Crippen LogP contribution in [0.25, 0.3) is 0 Å². The van der Waals surface area contributed by atoms with Crippen LogP contribution in [0.2, 0.25) is 0 Å². The molecule has 0 saturated heterocycles. The number of aryl methyl sites for hydroxylation is 1. The van der Waals surface area contributed by atoms with Crippen molar-refractivity contribution in [2.24, 2.45) is 5.92 Å². The Morgan fingerprint density at radius 1 is 1.38 bits per heavy atom. The lowest BCUT2D eigenvalue weighted by Gasteiger charge is -2.26. The van der Waals surface area contributed by atoms with Gasteiger partial charge in [-0.3, -0.25) is 4.79 Å². The Bertz CT molecular complexity index is 516. The van der Waals surface area contributed by atoms with Gasteiger partial charge in [0, 0.05) is 6.54 Å². The normalized spacial score (nSPS) is 18.4. The fourth-order valence-corrected chi connectivity index (χ4v) is 2.74. The zero-order valence-corrected chi connectivity index (χ0v) is 12.3. The van der Waals surface area contributed by atoms with E-state index in [1.54, 1.807) is 6.92 Å². The SMILES string of the molecule is CCC(CNC(=O)NC1CCCc2ccccc21)C(=O)O. The number of carboxylic acids is 1. The van der Waals surface area contributed by atoms with Crippen molar-refractivity contribution in [1.29, 1.82) is 0 Å². The van der Waals surface area contributed by atoms with E-state index in [1.807, 2.05) is 18.2 Å². The number of carbonyl (C=O) groups is 2. The van der Waals surface area contributed by atoms with Crippen LogP contribution in [0.4, 0.5) is 4.79 Å². The van der Waals surface area contributed by atoms with Crippen molar-refractivity contribution in [2.45, 2.75) is 38.6 Å². The number of nitrogens with one attached hydrogen (secondary N) is 2. The number of carboxylic acid groups (broad SMARTS) is 1. The van der Waals surface area contributed by atoms with Crippen molar-refractivity contribution >= 4 is 12.0 Å². The average Bonchev–Trinajstić information content (AvgIpc) is 2.48. The number of fused-ring (bicyclic) bond motifs is 1. The summed E-state index contributed by atoms with van der Waals surface area (Å²) >= 11 is 0. The van der Waals surface area contributed by atoms with E-state index in [4.69, 9.17) is 5.11 Å². The number of rotatable bonds is 5. The molecule has 21 heavy (non-hydrogen) atoms. The summed E-state index contributed by atoms with van der Waals surface area (Å²) in [6.45, 7) is 1.96. The van der Waals surface area contributed by atoms with Crippen LogP contribution in [0.15, 0.2) is 24.3 Å². The molecule has 0 saturated carbocycles. The van der Waals surface area contributed by atoms with Gasteiger partial charge in [-0.2, -0.15) is 0 Å². The Kier molecular flexibility index (Phi) is 5.20. The molecule has 2 rings (SSSR count). The summed E-state index contributed by atoms with van der Waals surface area (Å²) in [7, 11) is 0. The Morgan fingerprint density at radius 2 is 2.14 bits per heavy atom. The van der Waals surface area contributed by atoms with Crippen molar-refractivity contribution in [3.63, 3.8) is 0 Å². The van der Waals surface area contributed by atoms with Gasteiger partial charge in [0.15, 0.2) is 0 Å². The van der Waals surface area contributed by atoms with Gasteiger partial charge in [0.25, 0.3) is 0 Å². The highest BCUT2D eigenvalue weighted by Crippen LogP contribution is 2.29. The van der Waals surface area contributed by atoms with Gasteiger partial charge in [-0.25, -0.2) is 4.79 Å². The lowest BCUT2D eigenvalue weighted by Crippen LogP contribution is -2.42. The van der Waals surface area contributed by atoms with Gasteiger partial charge in [-0.15, -0.1) is 0 Å². The predicted molar refractivity (Wildman–Crippen MR) is 80.1 cm³/mol. The summed E-state index contributed by atoms with van der Waals surface area (Å²) in [5, 5.41) is 14.6. The lowest BCUT2D eigenvalue weighted by molar-refractivity contribution is -0.141. The van der Waals surface area contributed by atoms with E-state index in [-0.39, 0.29) is 18.6 Å². The minimum atomic E-state index is -0.874. The molecule has 0 aliphatic heterocycles. The summed E-state index contributed by atoms with van der Waals surface area (Å²) in [5.41, 5.74) is 2.45. The van der Waals surface area contributed by atoms with Crippen molar-refractivity contribution in [3.8, 4) is 0 Å². The van der Waals surface area contributed by atoms with E-state index in [2.05, 4.69) is 16.7 Å². The molecule has 2 unspecified atom stereocenters. The fourth-order valence-electron chi connectivity index (χ4n) is 2.74. The number of aliphatic carboxylic acids is 1. The van der Waals surface area contributed by atoms with Crippen molar-refractivity contribution < 1.29 is 14.7 Å². The summed E-state index contributed by atoms with van der Waals surface area (Å²) in [4.78, 5) is 22.9. The van der Waals surface area contributed by atoms with Crippen molar-refractivity contribution in [3.05, 3.63) is 35.4 Å². The van der Waals surface area contributed by atoms with E-state index < -0.39 is 11.9 Å². The van der Waals surface area contributed by atoms with Crippen LogP contribution in [0.3, 0.4) is 0 Å². The molecule has 0 fully saturated rings. The van der Waals surface area contributed by atoms with Crippen LogP contribution in [-0.2, 0) is 11.2 Å². The second-order valence-electron chi connectivity index (χ2n) is 5.44. The number of benzene rings is 1. The first-order valence-corrected chi connectivity index (χ1v) is 7.46. The quantitative estimate of drug-likeness (QED) is 0.779. The highest BCUT2D eigenvalue weighted by atomic mass is 16.4. The van der Waals surface area contributed by atoms with Gasteiger partial charge in [-0.1, -0.05) is 31.2 Å². The number of amides is 2. The van der Waals surface area contributed by atoms with Crippen molar-refractivity contribution in [2.75, 3.05) is 6.54 Å². The van der Waals surface area contributed by atoms with Gasteiger partial charge < -0.3 is 15.7 Å². The molecule has 1 aliphatic rings. The third kappa shape index (κ3) is 3.97. The number of hydrogen-bond acceptors (Lipinski definition) is 2. The first-order valence-electron chi connectivity index (χ1n) is 7.46. The largest absolute Gasteiger partial charge is 0.481 e. The molecule has 5 nitrogen and oxygen atoms in total. The molecule has 0 spiro atoms. The smallest absolute Gasteiger partial charge is 0.315 e. The van der Waals surface area contributed by atoms with Crippen LogP contribution in [0.1, 0.15) is 43.4 Å². The van der Waals surface area contributed by atoms with Crippen LogP contribution in [0.5, 0.6) is 0 Å². The zero-order chi connectivity index (χ0) is 15.2. The third-order valence-corrected chi connectivity index (χ3v) is 4.03. The molecule has 1 aromatic rings. The third-order valence-electron chi connectivity index (χ3n) is 4.03. The molecule has 1 aliphatic carbocycles. The minimum absolute atomic E-state index is 0.0138. The Balaban J connectivity index is 1.90. The number of carbonyl (C=O) groups excluding carboxylic acids is 1. The molecule has 2 amide bonds.